The summed E-state index contributed by atoms with van der Waals surface area (Å²) in [6.45, 7) is 3.91. The van der Waals surface area contributed by atoms with Crippen LogP contribution in [0.5, 0.6) is 0 Å². The Morgan fingerprint density at radius 3 is 2.67 bits per heavy atom. The van der Waals surface area contributed by atoms with Crippen LogP contribution in [-0.2, 0) is 12.2 Å². The van der Waals surface area contributed by atoms with Crippen molar-refractivity contribution in [2.75, 3.05) is 5.32 Å². The summed E-state index contributed by atoms with van der Waals surface area (Å²) in [7, 11) is 0. The molecular formula is C22H20N4O2S2. The smallest absolute Gasteiger partial charge is 0.258 e. The van der Waals surface area contributed by atoms with Crippen LogP contribution in [0.4, 0.5) is 5.13 Å². The number of thiazole rings is 1. The van der Waals surface area contributed by atoms with Gasteiger partial charge in [-0.05, 0) is 31.0 Å². The predicted molar refractivity (Wildman–Crippen MR) is 120 cm³/mol. The zero-order valence-electron chi connectivity index (χ0n) is 16.6. The fourth-order valence-corrected chi connectivity index (χ4v) is 4.46. The van der Waals surface area contributed by atoms with E-state index in [-0.39, 0.29) is 5.91 Å². The SMILES string of the molecule is CCc1ccc(-c2csc(NC(=O)c3ccccc3SCc3nc(C)no3)n2)cc1. The Hall–Kier alpha value is -2.97. The van der Waals surface area contributed by atoms with Gasteiger partial charge in [-0.3, -0.25) is 10.1 Å². The van der Waals surface area contributed by atoms with Crippen LogP contribution in [0.2, 0.25) is 0 Å². The first-order chi connectivity index (χ1) is 14.6. The summed E-state index contributed by atoms with van der Waals surface area (Å²) in [5.74, 6) is 1.44. The maximum Gasteiger partial charge on any atom is 0.258 e. The topological polar surface area (TPSA) is 80.9 Å². The molecule has 2 aromatic heterocycles. The molecule has 1 amide bonds. The standard InChI is InChI=1S/C22H20N4O2S2/c1-3-15-8-10-16(11-9-15)18-12-30-22(24-18)25-21(27)17-6-4-5-7-19(17)29-13-20-23-14(2)26-28-20/h4-12H,3,13H2,1-2H3,(H,24,25,27). The van der Waals surface area contributed by atoms with E-state index in [9.17, 15) is 4.79 Å². The summed E-state index contributed by atoms with van der Waals surface area (Å²) in [6.07, 6.45) is 1.00. The predicted octanol–water partition coefficient (Wildman–Crippen LogP) is 5.61. The molecule has 152 valence electrons. The van der Waals surface area contributed by atoms with E-state index in [1.54, 1.807) is 13.0 Å². The average Bonchev–Trinajstić information content (AvgIpc) is 3.41. The second-order valence-corrected chi connectivity index (χ2v) is 8.44. The summed E-state index contributed by atoms with van der Waals surface area (Å²) in [5.41, 5.74) is 3.76. The number of amides is 1. The van der Waals surface area contributed by atoms with Crippen molar-refractivity contribution in [2.45, 2.75) is 30.9 Å². The minimum absolute atomic E-state index is 0.193. The van der Waals surface area contributed by atoms with Gasteiger partial charge in [-0.1, -0.05) is 48.5 Å². The van der Waals surface area contributed by atoms with E-state index in [2.05, 4.69) is 51.6 Å². The van der Waals surface area contributed by atoms with E-state index in [1.165, 1.54) is 28.7 Å². The van der Waals surface area contributed by atoms with Crippen LogP contribution < -0.4 is 5.32 Å². The van der Waals surface area contributed by atoms with Crippen LogP contribution in [-0.4, -0.2) is 21.0 Å². The van der Waals surface area contributed by atoms with E-state index in [1.807, 2.05) is 23.6 Å². The molecule has 6 nitrogen and oxygen atoms in total. The third kappa shape index (κ3) is 4.77. The van der Waals surface area contributed by atoms with Gasteiger partial charge >= 0.3 is 0 Å². The van der Waals surface area contributed by atoms with Crippen molar-refractivity contribution < 1.29 is 9.32 Å². The maximum absolute atomic E-state index is 12.9. The first-order valence-electron chi connectivity index (χ1n) is 9.49. The molecule has 0 fully saturated rings. The minimum Gasteiger partial charge on any atom is -0.338 e. The molecule has 2 heterocycles. The third-order valence-corrected chi connectivity index (χ3v) is 6.25. The molecule has 4 aromatic rings. The van der Waals surface area contributed by atoms with Crippen LogP contribution >= 0.6 is 23.1 Å². The van der Waals surface area contributed by atoms with Gasteiger partial charge in [0.15, 0.2) is 11.0 Å². The largest absolute Gasteiger partial charge is 0.338 e. The number of aromatic nitrogens is 3. The van der Waals surface area contributed by atoms with Gasteiger partial charge in [-0.15, -0.1) is 23.1 Å². The number of aryl methyl sites for hydroxylation is 2. The van der Waals surface area contributed by atoms with Gasteiger partial charge in [0.1, 0.15) is 0 Å². The highest BCUT2D eigenvalue weighted by molar-refractivity contribution is 7.98. The van der Waals surface area contributed by atoms with Gasteiger partial charge in [0.2, 0.25) is 5.89 Å². The highest BCUT2D eigenvalue weighted by Gasteiger charge is 2.15. The molecule has 0 radical (unpaired) electrons. The summed E-state index contributed by atoms with van der Waals surface area (Å²) in [6, 6.07) is 15.8. The summed E-state index contributed by atoms with van der Waals surface area (Å²) >= 11 is 2.90. The van der Waals surface area contributed by atoms with Gasteiger partial charge in [0.05, 0.1) is 17.0 Å². The molecule has 0 unspecified atom stereocenters. The van der Waals surface area contributed by atoms with Crippen LogP contribution in [0, 0.1) is 6.92 Å². The lowest BCUT2D eigenvalue weighted by molar-refractivity contribution is 0.102. The Morgan fingerprint density at radius 1 is 1.13 bits per heavy atom. The molecule has 4 rings (SSSR count). The number of benzene rings is 2. The van der Waals surface area contributed by atoms with E-state index in [0.717, 1.165) is 22.6 Å². The zero-order chi connectivity index (χ0) is 20.9. The number of rotatable bonds is 7. The lowest BCUT2D eigenvalue weighted by Crippen LogP contribution is -2.12. The van der Waals surface area contributed by atoms with Crippen LogP contribution in [0.15, 0.2) is 63.3 Å². The fraction of sp³-hybridized carbons (Fsp3) is 0.182. The lowest BCUT2D eigenvalue weighted by Gasteiger charge is -2.07. The molecule has 0 aliphatic heterocycles. The molecule has 0 aliphatic rings. The molecule has 0 bridgehead atoms. The number of anilines is 1. The highest BCUT2D eigenvalue weighted by Crippen LogP contribution is 2.28. The van der Waals surface area contributed by atoms with Crippen molar-refractivity contribution in [1.82, 2.24) is 15.1 Å². The number of carbonyl (C=O) groups excluding carboxylic acids is 1. The maximum atomic E-state index is 12.9. The quantitative estimate of drug-likeness (QED) is 0.379. The third-order valence-electron chi connectivity index (χ3n) is 4.44. The summed E-state index contributed by atoms with van der Waals surface area (Å²) in [5, 5.41) is 9.24. The molecule has 0 atom stereocenters. The zero-order valence-corrected chi connectivity index (χ0v) is 18.2. The number of nitrogens with zero attached hydrogens (tertiary/aromatic N) is 3. The first kappa shape index (κ1) is 20.3. The second-order valence-electron chi connectivity index (χ2n) is 6.56. The highest BCUT2D eigenvalue weighted by atomic mass is 32.2. The van der Waals surface area contributed by atoms with Crippen LogP contribution in [0.1, 0.15) is 34.6 Å². The summed E-state index contributed by atoms with van der Waals surface area (Å²) in [4.78, 5) is 22.5. The number of nitrogens with one attached hydrogen (secondary N) is 1. The Bertz CT molecular complexity index is 1150. The van der Waals surface area contributed by atoms with Gasteiger partial charge in [0.25, 0.3) is 5.91 Å². The van der Waals surface area contributed by atoms with E-state index in [0.29, 0.717) is 28.2 Å². The molecular weight excluding hydrogens is 416 g/mol. The Labute approximate surface area is 182 Å². The van der Waals surface area contributed by atoms with E-state index < -0.39 is 0 Å². The van der Waals surface area contributed by atoms with Crippen LogP contribution in [0.25, 0.3) is 11.3 Å². The number of hydrogen-bond acceptors (Lipinski definition) is 7. The van der Waals surface area contributed by atoms with Gasteiger partial charge in [0, 0.05) is 15.8 Å². The molecule has 1 N–H and O–H groups in total. The molecule has 0 saturated carbocycles. The minimum atomic E-state index is -0.193. The first-order valence-corrected chi connectivity index (χ1v) is 11.4. The number of carbonyl (C=O) groups is 1. The van der Waals surface area contributed by atoms with Crippen molar-refractivity contribution in [2.24, 2.45) is 0 Å². The van der Waals surface area contributed by atoms with Gasteiger partial charge < -0.3 is 4.52 Å². The molecule has 30 heavy (non-hydrogen) atoms. The van der Waals surface area contributed by atoms with Crippen molar-refractivity contribution in [3.05, 3.63) is 76.8 Å². The Morgan fingerprint density at radius 2 is 1.93 bits per heavy atom. The van der Waals surface area contributed by atoms with Crippen molar-refractivity contribution in [3.63, 3.8) is 0 Å². The molecule has 8 heteroatoms. The Kier molecular flexibility index (Phi) is 6.25. The monoisotopic (exact) mass is 436 g/mol. The fourth-order valence-electron chi connectivity index (χ4n) is 2.86. The van der Waals surface area contributed by atoms with E-state index in [4.69, 9.17) is 4.52 Å². The van der Waals surface area contributed by atoms with Gasteiger partial charge in [-0.2, -0.15) is 4.98 Å². The second kappa shape index (κ2) is 9.23. The Balaban J connectivity index is 1.45. The lowest BCUT2D eigenvalue weighted by atomic mass is 10.1. The van der Waals surface area contributed by atoms with Crippen molar-refractivity contribution >= 4 is 34.1 Å². The number of thioether (sulfide) groups is 1. The number of hydrogen-bond donors (Lipinski definition) is 1. The summed E-state index contributed by atoms with van der Waals surface area (Å²) < 4.78 is 5.15. The van der Waals surface area contributed by atoms with Crippen molar-refractivity contribution in [1.29, 1.82) is 0 Å². The van der Waals surface area contributed by atoms with E-state index >= 15 is 0 Å². The van der Waals surface area contributed by atoms with Gasteiger partial charge in [-0.25, -0.2) is 4.98 Å². The molecule has 2 aromatic carbocycles. The molecule has 0 aliphatic carbocycles. The molecule has 0 saturated heterocycles. The normalized spacial score (nSPS) is 10.9. The van der Waals surface area contributed by atoms with Crippen LogP contribution in [0.3, 0.4) is 0 Å². The molecule has 0 spiro atoms. The van der Waals surface area contributed by atoms with Crippen molar-refractivity contribution in [3.8, 4) is 11.3 Å². The average molecular weight is 437 g/mol.